The highest BCUT2D eigenvalue weighted by Crippen LogP contribution is 2.05. The van der Waals surface area contributed by atoms with E-state index in [1.807, 2.05) is 0 Å². The van der Waals surface area contributed by atoms with Gasteiger partial charge in [-0.2, -0.15) is 0 Å². The minimum atomic E-state index is 0.903. The molecular formula is C7H14N2-. The van der Waals surface area contributed by atoms with Crippen molar-refractivity contribution in [3.05, 3.63) is 7.05 Å². The van der Waals surface area contributed by atoms with Crippen LogP contribution in [0, 0.1) is 7.05 Å². The summed E-state index contributed by atoms with van der Waals surface area (Å²) in [5.41, 5.74) is 0. The Labute approximate surface area is 57.2 Å². The van der Waals surface area contributed by atoms with E-state index >= 15 is 0 Å². The Kier molecular flexibility index (Phi) is 3.01. The first-order chi connectivity index (χ1) is 4.43. The van der Waals surface area contributed by atoms with E-state index in [4.69, 9.17) is 0 Å². The maximum Gasteiger partial charge on any atom is 0.00953 e. The number of rotatable bonds is 3. The van der Waals surface area contributed by atoms with Crippen molar-refractivity contribution in [1.29, 1.82) is 0 Å². The van der Waals surface area contributed by atoms with Crippen molar-refractivity contribution in [3.8, 4) is 0 Å². The van der Waals surface area contributed by atoms with E-state index in [1.54, 1.807) is 0 Å². The van der Waals surface area contributed by atoms with E-state index in [9.17, 15) is 0 Å². The minimum absolute atomic E-state index is 0.903. The lowest BCUT2D eigenvalue weighted by molar-refractivity contribution is 0.341. The fourth-order valence-corrected chi connectivity index (χ4v) is 1.22. The zero-order valence-corrected chi connectivity index (χ0v) is 5.84. The standard InChI is InChI=1S/C7H14N2/c1-8-4-7-9-5-2-3-6-9/h1-7H2/q-1. The molecule has 1 radical (unpaired) electrons. The molecule has 0 atom stereocenters. The molecule has 1 aliphatic rings. The summed E-state index contributed by atoms with van der Waals surface area (Å²) >= 11 is 0. The van der Waals surface area contributed by atoms with Crippen LogP contribution in [-0.2, 0) is 0 Å². The van der Waals surface area contributed by atoms with E-state index in [1.165, 1.54) is 25.9 Å². The molecule has 1 saturated heterocycles. The van der Waals surface area contributed by atoms with Gasteiger partial charge < -0.3 is 10.2 Å². The van der Waals surface area contributed by atoms with Gasteiger partial charge in [0, 0.05) is 6.54 Å². The quantitative estimate of drug-likeness (QED) is 0.503. The zero-order valence-electron chi connectivity index (χ0n) is 5.84. The van der Waals surface area contributed by atoms with Crippen molar-refractivity contribution in [2.75, 3.05) is 26.2 Å². The number of hydrogen-bond acceptors (Lipinski definition) is 1. The smallest absolute Gasteiger partial charge is 0.00953 e. The van der Waals surface area contributed by atoms with Crippen LogP contribution >= 0.6 is 0 Å². The van der Waals surface area contributed by atoms with Gasteiger partial charge >= 0.3 is 0 Å². The molecule has 9 heavy (non-hydrogen) atoms. The Morgan fingerprint density at radius 1 is 1.33 bits per heavy atom. The SMILES string of the molecule is [CH2-][N]CCN1CCCC1. The van der Waals surface area contributed by atoms with Crippen LogP contribution in [-0.4, -0.2) is 31.1 Å². The molecule has 0 aromatic heterocycles. The van der Waals surface area contributed by atoms with Gasteiger partial charge in [-0.1, -0.05) is 0 Å². The van der Waals surface area contributed by atoms with Crippen LogP contribution < -0.4 is 5.32 Å². The van der Waals surface area contributed by atoms with Crippen LogP contribution in [0.15, 0.2) is 0 Å². The van der Waals surface area contributed by atoms with E-state index in [2.05, 4.69) is 17.3 Å². The summed E-state index contributed by atoms with van der Waals surface area (Å²) in [7, 11) is 3.44. The van der Waals surface area contributed by atoms with E-state index in [0.717, 1.165) is 13.1 Å². The third-order valence-electron chi connectivity index (χ3n) is 1.77. The van der Waals surface area contributed by atoms with Crippen LogP contribution in [0.1, 0.15) is 12.8 Å². The van der Waals surface area contributed by atoms with Crippen LogP contribution in [0.25, 0.3) is 0 Å². The van der Waals surface area contributed by atoms with Crippen molar-refractivity contribution in [1.82, 2.24) is 10.2 Å². The van der Waals surface area contributed by atoms with Crippen molar-refractivity contribution in [3.63, 3.8) is 0 Å². The Bertz CT molecular complexity index is 67.3. The fourth-order valence-electron chi connectivity index (χ4n) is 1.22. The Hall–Kier alpha value is -0.0800. The normalized spacial score (nSPS) is 21.0. The molecule has 1 aliphatic heterocycles. The molecule has 1 fully saturated rings. The molecule has 1 rings (SSSR count). The highest BCUT2D eigenvalue weighted by atomic mass is 15.1. The summed E-state index contributed by atoms with van der Waals surface area (Å²) in [5, 5.41) is 3.81. The second-order valence-electron chi connectivity index (χ2n) is 2.50. The molecule has 2 nitrogen and oxygen atoms in total. The van der Waals surface area contributed by atoms with Gasteiger partial charge in [0.25, 0.3) is 0 Å². The third-order valence-corrected chi connectivity index (χ3v) is 1.77. The van der Waals surface area contributed by atoms with Gasteiger partial charge in [0.05, 0.1) is 0 Å². The minimum Gasteiger partial charge on any atom is -0.423 e. The summed E-state index contributed by atoms with van der Waals surface area (Å²) < 4.78 is 0. The third kappa shape index (κ3) is 2.33. The Morgan fingerprint density at radius 3 is 2.56 bits per heavy atom. The van der Waals surface area contributed by atoms with E-state index < -0.39 is 0 Å². The molecule has 0 saturated carbocycles. The highest BCUT2D eigenvalue weighted by Gasteiger charge is 2.08. The Balaban J connectivity index is 1.98. The van der Waals surface area contributed by atoms with Crippen molar-refractivity contribution in [2.24, 2.45) is 0 Å². The number of nitrogens with zero attached hydrogens (tertiary/aromatic N) is 2. The van der Waals surface area contributed by atoms with Gasteiger partial charge in [-0.15, -0.1) is 0 Å². The maximum atomic E-state index is 3.81. The second-order valence-corrected chi connectivity index (χ2v) is 2.50. The van der Waals surface area contributed by atoms with Crippen LogP contribution in [0.5, 0.6) is 0 Å². The molecule has 0 aromatic carbocycles. The van der Waals surface area contributed by atoms with Gasteiger partial charge in [0.2, 0.25) is 0 Å². The maximum absolute atomic E-state index is 3.81. The summed E-state index contributed by atoms with van der Waals surface area (Å²) in [6, 6.07) is 0. The molecule has 53 valence electrons. The first-order valence-corrected chi connectivity index (χ1v) is 3.58. The summed E-state index contributed by atoms with van der Waals surface area (Å²) in [4.78, 5) is 2.44. The molecule has 0 spiro atoms. The molecule has 0 amide bonds. The van der Waals surface area contributed by atoms with Gasteiger partial charge in [0.1, 0.15) is 0 Å². The summed E-state index contributed by atoms with van der Waals surface area (Å²) in [5.74, 6) is 0. The predicted molar refractivity (Wildman–Crippen MR) is 38.0 cm³/mol. The lowest BCUT2D eigenvalue weighted by atomic mass is 10.4. The van der Waals surface area contributed by atoms with Gasteiger partial charge in [-0.05, 0) is 32.5 Å². The number of likely N-dealkylation sites (tertiary alicyclic amines) is 1. The lowest BCUT2D eigenvalue weighted by Crippen LogP contribution is -2.25. The molecular weight excluding hydrogens is 112 g/mol. The van der Waals surface area contributed by atoms with Crippen LogP contribution in [0.2, 0.25) is 0 Å². The average molecular weight is 126 g/mol. The molecule has 1 heterocycles. The van der Waals surface area contributed by atoms with Gasteiger partial charge in [-0.25, -0.2) is 0 Å². The average Bonchev–Trinajstić information content (AvgIpc) is 2.34. The zero-order chi connectivity index (χ0) is 6.53. The van der Waals surface area contributed by atoms with Gasteiger partial charge in [0.15, 0.2) is 0 Å². The summed E-state index contributed by atoms with van der Waals surface area (Å²) in [6.45, 7) is 4.56. The highest BCUT2D eigenvalue weighted by molar-refractivity contribution is 4.66. The van der Waals surface area contributed by atoms with Crippen LogP contribution in [0.4, 0.5) is 0 Å². The van der Waals surface area contributed by atoms with Crippen LogP contribution in [0.3, 0.4) is 0 Å². The monoisotopic (exact) mass is 126 g/mol. The molecule has 0 aromatic rings. The summed E-state index contributed by atoms with van der Waals surface area (Å²) in [6.07, 6.45) is 2.74. The number of hydrogen-bond donors (Lipinski definition) is 0. The van der Waals surface area contributed by atoms with Crippen molar-refractivity contribution >= 4 is 0 Å². The van der Waals surface area contributed by atoms with E-state index in [-0.39, 0.29) is 0 Å². The first kappa shape index (κ1) is 7.03. The predicted octanol–water partition coefficient (Wildman–Crippen LogP) is 0.478. The molecule has 0 aliphatic carbocycles. The Morgan fingerprint density at radius 2 is 2.00 bits per heavy atom. The second kappa shape index (κ2) is 3.85. The van der Waals surface area contributed by atoms with E-state index in [0.29, 0.717) is 0 Å². The van der Waals surface area contributed by atoms with Gasteiger partial charge in [-0.3, -0.25) is 7.05 Å². The fraction of sp³-hybridized carbons (Fsp3) is 0.857. The largest absolute Gasteiger partial charge is 0.423 e. The topological polar surface area (TPSA) is 17.3 Å². The van der Waals surface area contributed by atoms with Crippen molar-refractivity contribution < 1.29 is 0 Å². The lowest BCUT2D eigenvalue weighted by Gasteiger charge is -2.14. The molecule has 2 heteroatoms. The van der Waals surface area contributed by atoms with Crippen molar-refractivity contribution in [2.45, 2.75) is 12.8 Å². The molecule has 0 bridgehead atoms. The molecule has 0 unspecified atom stereocenters. The molecule has 0 N–H and O–H groups in total. The first-order valence-electron chi connectivity index (χ1n) is 3.58.